The van der Waals surface area contributed by atoms with E-state index in [1.165, 1.54) is 4.90 Å². The van der Waals surface area contributed by atoms with Gasteiger partial charge in [0.15, 0.2) is 11.6 Å². The van der Waals surface area contributed by atoms with Crippen LogP contribution in [-0.4, -0.2) is 157 Å². The Labute approximate surface area is 480 Å². The number of thiazole rings is 1. The Hall–Kier alpha value is -7.40. The fourth-order valence-electron chi connectivity index (χ4n) is 12.5. The monoisotopic (exact) mass is 1140 g/mol. The summed E-state index contributed by atoms with van der Waals surface area (Å²) in [7, 11) is 0. The van der Waals surface area contributed by atoms with E-state index < -0.39 is 36.0 Å². The SMILES string of the molecule is Cc1ncsc1-c1ccc([C@@H](CCCC(=O)O)NC(=O)[C@@H]2C[C@@H](O)CN2C(=O)C(c2cc(OCCN3CCC(OC4CC(Oc5cc(N6C7CC[C@@H]6CN(c6cc(-c8ccccc8O)nnc6N)C7)ccn5)C4)CC3)no2)C(C)C)cc1. The molecule has 2 aromatic carbocycles. The van der Waals surface area contributed by atoms with E-state index in [1.807, 2.05) is 69.4 Å². The van der Waals surface area contributed by atoms with Crippen molar-refractivity contribution in [2.24, 2.45) is 5.92 Å². The van der Waals surface area contributed by atoms with Gasteiger partial charge in [0.05, 0.1) is 51.8 Å². The predicted octanol–water partition coefficient (Wildman–Crippen LogP) is 7.39. The van der Waals surface area contributed by atoms with Gasteiger partial charge in [-0.2, -0.15) is 0 Å². The molecule has 0 spiro atoms. The van der Waals surface area contributed by atoms with Crippen LogP contribution in [0.3, 0.4) is 0 Å². The van der Waals surface area contributed by atoms with Crippen LogP contribution in [0.1, 0.15) is 107 Å². The zero-order chi connectivity index (χ0) is 57.0. The third kappa shape index (κ3) is 12.8. The number of carboxylic acid groups (broad SMARTS) is 1. The van der Waals surface area contributed by atoms with Crippen molar-refractivity contribution in [1.29, 1.82) is 0 Å². The Kier molecular flexibility index (Phi) is 17.2. The number of β-amino-alcohol motifs (C(OH)–C–C–N with tert-alkyl or cyclic N) is 1. The number of anilines is 3. The van der Waals surface area contributed by atoms with Crippen LogP contribution >= 0.6 is 11.3 Å². The number of aliphatic carboxylic acids is 1. The summed E-state index contributed by atoms with van der Waals surface area (Å²) in [6, 6.07) is 21.7. The van der Waals surface area contributed by atoms with E-state index in [4.69, 9.17) is 24.5 Å². The highest BCUT2D eigenvalue weighted by Gasteiger charge is 2.45. The number of phenols is 1. The third-order valence-corrected chi connectivity index (χ3v) is 17.8. The third-order valence-electron chi connectivity index (χ3n) is 16.9. The Morgan fingerprint density at radius 3 is 2.38 bits per heavy atom. The number of fused-ring (bicyclic) bond motifs is 2. The zero-order valence-corrected chi connectivity index (χ0v) is 47.4. The number of ether oxygens (including phenoxy) is 3. The van der Waals surface area contributed by atoms with Gasteiger partial charge in [-0.25, -0.2) is 9.97 Å². The minimum atomic E-state index is -0.950. The molecule has 82 heavy (non-hydrogen) atoms. The van der Waals surface area contributed by atoms with E-state index in [0.717, 1.165) is 97.8 Å². The number of amides is 2. The molecule has 5 aliphatic rings. The molecule has 11 rings (SSSR count). The molecule has 4 saturated heterocycles. The number of aromatic nitrogens is 5. The molecule has 8 heterocycles. The quantitative estimate of drug-likeness (QED) is 0.0443. The highest BCUT2D eigenvalue weighted by atomic mass is 32.1. The van der Waals surface area contributed by atoms with Gasteiger partial charge in [0.25, 0.3) is 5.88 Å². The van der Waals surface area contributed by atoms with Crippen molar-refractivity contribution in [2.75, 3.05) is 61.4 Å². The normalized spacial score (nSPS) is 22.7. The highest BCUT2D eigenvalue weighted by molar-refractivity contribution is 7.13. The largest absolute Gasteiger partial charge is 0.507 e. The lowest BCUT2D eigenvalue weighted by molar-refractivity contribution is -0.141. The van der Waals surface area contributed by atoms with Crippen molar-refractivity contribution < 1.29 is 48.4 Å². The molecule has 6 N–H and O–H groups in total. The van der Waals surface area contributed by atoms with Crippen LogP contribution in [0.2, 0.25) is 0 Å². The number of carbonyl (C=O) groups excluding carboxylic acids is 2. The Morgan fingerprint density at radius 2 is 1.66 bits per heavy atom. The lowest BCUT2D eigenvalue weighted by Crippen LogP contribution is -2.54. The molecule has 2 bridgehead atoms. The number of nitrogens with two attached hydrogens (primary N) is 1. The number of aliphatic hydroxyl groups is 1. The number of aromatic hydroxyl groups is 1. The van der Waals surface area contributed by atoms with Gasteiger partial charge in [-0.1, -0.05) is 50.2 Å². The van der Waals surface area contributed by atoms with Crippen molar-refractivity contribution in [3.05, 3.63) is 102 Å². The molecule has 2 amide bonds. The summed E-state index contributed by atoms with van der Waals surface area (Å²) < 4.78 is 24.8. The van der Waals surface area contributed by atoms with E-state index in [0.29, 0.717) is 54.7 Å². The van der Waals surface area contributed by atoms with Crippen LogP contribution in [0.25, 0.3) is 21.7 Å². The van der Waals surface area contributed by atoms with Crippen LogP contribution in [0.4, 0.5) is 17.2 Å². The fraction of sp³-hybridized carbons (Fsp3) is 0.500. The number of nitrogens with zero attached hydrogens (tertiary/aromatic N) is 9. The minimum absolute atomic E-state index is 0.0213. The average Bonchev–Trinajstić information content (AvgIpc) is 4.41. The summed E-state index contributed by atoms with van der Waals surface area (Å²) in [5.41, 5.74) is 14.1. The number of para-hydroxylation sites is 1. The van der Waals surface area contributed by atoms with E-state index >= 15 is 0 Å². The molecule has 21 nitrogen and oxygen atoms in total. The molecule has 1 aliphatic carbocycles. The number of aliphatic hydroxyl groups excluding tert-OH is 1. The number of rotatable bonds is 22. The number of phenolic OH excluding ortho intramolecular Hbond substituents is 1. The number of hydrogen-bond acceptors (Lipinski definition) is 19. The number of carbonyl (C=O) groups is 3. The van der Waals surface area contributed by atoms with Crippen LogP contribution < -0.4 is 30.3 Å². The van der Waals surface area contributed by atoms with Gasteiger partial charge in [-0.15, -0.1) is 21.5 Å². The second kappa shape index (κ2) is 25.0. The first-order valence-corrected chi connectivity index (χ1v) is 29.6. The second-order valence-electron chi connectivity index (χ2n) is 22.8. The smallest absolute Gasteiger partial charge is 0.303 e. The van der Waals surface area contributed by atoms with Crippen LogP contribution in [0, 0.1) is 12.8 Å². The number of piperidine rings is 1. The lowest BCUT2D eigenvalue weighted by atomic mass is 9.91. The molecule has 22 heteroatoms. The molecule has 5 fully saturated rings. The van der Waals surface area contributed by atoms with Gasteiger partial charge >= 0.3 is 5.97 Å². The Bertz CT molecular complexity index is 3170. The number of pyridine rings is 1. The van der Waals surface area contributed by atoms with Crippen LogP contribution in [-0.2, 0) is 19.1 Å². The zero-order valence-electron chi connectivity index (χ0n) is 46.6. The number of piperazine rings is 1. The first kappa shape index (κ1) is 56.5. The molecule has 2 unspecified atom stereocenters. The van der Waals surface area contributed by atoms with Gasteiger partial charge in [-0.3, -0.25) is 19.3 Å². The molecular formula is C60H73N11O10S. The van der Waals surface area contributed by atoms with Gasteiger partial charge in [0.2, 0.25) is 17.7 Å². The molecule has 0 radical (unpaired) electrons. The number of nitrogen functional groups attached to an aromatic ring is 1. The van der Waals surface area contributed by atoms with E-state index in [-0.39, 0.29) is 73.2 Å². The van der Waals surface area contributed by atoms with Crippen molar-refractivity contribution in [3.8, 4) is 39.2 Å². The first-order valence-electron chi connectivity index (χ1n) is 28.8. The average molecular weight is 1140 g/mol. The Morgan fingerprint density at radius 1 is 0.890 bits per heavy atom. The molecule has 434 valence electrons. The van der Waals surface area contributed by atoms with Crippen molar-refractivity contribution in [1.82, 2.24) is 40.4 Å². The molecule has 4 aromatic heterocycles. The van der Waals surface area contributed by atoms with Gasteiger partial charge in [-0.05, 0) is 91.9 Å². The molecular weight excluding hydrogens is 1070 g/mol. The fourth-order valence-corrected chi connectivity index (χ4v) is 13.3. The molecule has 6 aromatic rings. The van der Waals surface area contributed by atoms with Gasteiger partial charge in [0, 0.05) is 107 Å². The van der Waals surface area contributed by atoms with Crippen molar-refractivity contribution in [3.63, 3.8) is 0 Å². The number of benzene rings is 2. The van der Waals surface area contributed by atoms with Gasteiger partial charge < -0.3 is 59.8 Å². The predicted molar refractivity (Wildman–Crippen MR) is 308 cm³/mol. The minimum Gasteiger partial charge on any atom is -0.507 e. The van der Waals surface area contributed by atoms with E-state index in [9.17, 15) is 29.7 Å². The first-order chi connectivity index (χ1) is 39.7. The maximum atomic E-state index is 14.4. The molecule has 6 atom stereocenters. The topological polar surface area (TPSA) is 268 Å². The maximum absolute atomic E-state index is 14.4. The Balaban J connectivity index is 0.613. The highest BCUT2D eigenvalue weighted by Crippen LogP contribution is 2.41. The number of likely N-dealkylation sites (tertiary alicyclic amines) is 2. The summed E-state index contributed by atoms with van der Waals surface area (Å²) in [6.07, 6.45) is 7.55. The summed E-state index contributed by atoms with van der Waals surface area (Å²) >= 11 is 1.54. The van der Waals surface area contributed by atoms with Crippen LogP contribution in [0.15, 0.2) is 89.0 Å². The lowest BCUT2D eigenvalue weighted by Gasteiger charge is -2.43. The van der Waals surface area contributed by atoms with E-state index in [2.05, 4.69) is 57.5 Å². The number of aryl methyl sites for hydroxylation is 1. The molecule has 1 saturated carbocycles. The number of hydrogen-bond donors (Lipinski definition) is 5. The second-order valence-corrected chi connectivity index (χ2v) is 23.7. The summed E-state index contributed by atoms with van der Waals surface area (Å²) in [5, 5.41) is 46.5. The standard InChI is InChI=1S/C60H73N11O10S/c1-35(2)56(60(77)70-33-42(72)26-50(70)59(76)64-47(8-6-10-55(74)75)37-11-13-38(14-12-37)57-36(3)63-34-82-57)52-30-54(67-81-52)78-24-23-68-21-18-43(19-22-68)79-44-27-45(28-44)80-53-25-39(17-20-62-53)71-40-15-16-41(71)32-69(31-40)49-29-48(65-66-58(49)61)46-7-4-5-9-51(46)73/h4-5,7,9,11-14,17,20,25,29-30,34-35,40-45,47,50,56,72-73H,6,8,10,15-16,18-19,21-24,26-28,31-33H2,1-3H3,(H2,61,66)(H,64,76)(H,74,75)/t40-,41?,42-,44?,45?,47-,50+,56?/m1/s1. The van der Waals surface area contributed by atoms with Crippen molar-refractivity contribution in [2.45, 2.75) is 139 Å². The summed E-state index contributed by atoms with van der Waals surface area (Å²) in [6.45, 7) is 10.1. The van der Waals surface area contributed by atoms with Gasteiger partial charge in [0.1, 0.15) is 30.4 Å². The molecule has 4 aliphatic heterocycles. The van der Waals surface area contributed by atoms with E-state index in [1.54, 1.807) is 35.0 Å². The number of nitrogens with one attached hydrogen (secondary N) is 1. The van der Waals surface area contributed by atoms with Crippen molar-refractivity contribution >= 4 is 46.3 Å². The number of carboxylic acids is 1. The van der Waals surface area contributed by atoms with Crippen LogP contribution in [0.5, 0.6) is 17.5 Å². The summed E-state index contributed by atoms with van der Waals surface area (Å²) in [5.74, 6) is -0.996. The maximum Gasteiger partial charge on any atom is 0.303 e. The summed E-state index contributed by atoms with van der Waals surface area (Å²) in [4.78, 5) is 58.6.